The van der Waals surface area contributed by atoms with Crippen LogP contribution < -0.4 is 9.80 Å². The van der Waals surface area contributed by atoms with Crippen LogP contribution in [-0.2, 0) is 14.3 Å². The summed E-state index contributed by atoms with van der Waals surface area (Å²) in [5.74, 6) is 1.95. The first kappa shape index (κ1) is 18.4. The molecule has 1 aromatic rings. The number of carbonyl (C=O) groups is 1. The molecule has 3 aliphatic rings. The fourth-order valence-corrected chi connectivity index (χ4v) is 4.16. The van der Waals surface area contributed by atoms with E-state index in [1.165, 1.54) is 0 Å². The molecule has 0 aromatic carbocycles. The number of aromatic nitrogens is 2. The molecule has 0 aliphatic carbocycles. The van der Waals surface area contributed by atoms with E-state index in [1.54, 1.807) is 6.33 Å². The van der Waals surface area contributed by atoms with Crippen LogP contribution in [-0.4, -0.2) is 86.0 Å². The summed E-state index contributed by atoms with van der Waals surface area (Å²) < 4.78 is 12.1. The van der Waals surface area contributed by atoms with Gasteiger partial charge in [-0.1, -0.05) is 0 Å². The lowest BCUT2D eigenvalue weighted by Gasteiger charge is -2.53. The summed E-state index contributed by atoms with van der Waals surface area (Å²) >= 11 is 0. The van der Waals surface area contributed by atoms with Gasteiger partial charge in [-0.15, -0.1) is 0 Å². The first-order chi connectivity index (χ1) is 13.0. The van der Waals surface area contributed by atoms with E-state index in [2.05, 4.69) is 14.9 Å². The van der Waals surface area contributed by atoms with Gasteiger partial charge in [0.05, 0.1) is 19.2 Å². The smallest absolute Gasteiger partial charge is 0.248 e. The van der Waals surface area contributed by atoms with Crippen molar-refractivity contribution in [3.05, 3.63) is 12.4 Å². The van der Waals surface area contributed by atoms with Crippen molar-refractivity contribution < 1.29 is 14.3 Å². The zero-order valence-electron chi connectivity index (χ0n) is 16.3. The van der Waals surface area contributed by atoms with Gasteiger partial charge in [-0.05, 0) is 19.3 Å². The molecular formula is C19H29N5O3. The summed E-state index contributed by atoms with van der Waals surface area (Å²) in [4.78, 5) is 27.0. The number of ether oxygens (including phenoxy) is 2. The van der Waals surface area contributed by atoms with Crippen molar-refractivity contribution in [2.24, 2.45) is 0 Å². The van der Waals surface area contributed by atoms with Gasteiger partial charge in [0, 0.05) is 46.3 Å². The fourth-order valence-electron chi connectivity index (χ4n) is 4.16. The van der Waals surface area contributed by atoms with Crippen molar-refractivity contribution in [3.8, 4) is 0 Å². The molecule has 4 heterocycles. The van der Waals surface area contributed by atoms with Crippen molar-refractivity contribution in [1.29, 1.82) is 0 Å². The lowest BCUT2D eigenvalue weighted by molar-refractivity contribution is -0.157. The monoisotopic (exact) mass is 375 g/mol. The maximum Gasteiger partial charge on any atom is 0.248 e. The Bertz CT molecular complexity index is 671. The lowest BCUT2D eigenvalue weighted by atomic mass is 9.84. The molecule has 3 fully saturated rings. The van der Waals surface area contributed by atoms with Crippen molar-refractivity contribution >= 4 is 17.5 Å². The molecule has 1 amide bonds. The standard InChI is InChI=1S/C19H29N5O3/c1-22(2)16-9-17(21-14-20-16)24-12-19(13-24)10-15(5-8-27-19)26-11-18(25)23-6-3-4-7-23/h9,14-15H,3-8,10-13H2,1-2H3. The third kappa shape index (κ3) is 4.01. The summed E-state index contributed by atoms with van der Waals surface area (Å²) in [5, 5.41) is 0. The summed E-state index contributed by atoms with van der Waals surface area (Å²) in [7, 11) is 3.94. The molecule has 0 bridgehead atoms. The van der Waals surface area contributed by atoms with Crippen LogP contribution in [0.1, 0.15) is 25.7 Å². The van der Waals surface area contributed by atoms with Gasteiger partial charge in [0.1, 0.15) is 30.2 Å². The maximum absolute atomic E-state index is 12.2. The predicted molar refractivity (Wildman–Crippen MR) is 102 cm³/mol. The summed E-state index contributed by atoms with van der Waals surface area (Å²) in [5.41, 5.74) is -0.178. The fraction of sp³-hybridized carbons (Fsp3) is 0.737. The molecule has 8 nitrogen and oxygen atoms in total. The maximum atomic E-state index is 12.2. The van der Waals surface area contributed by atoms with E-state index in [0.29, 0.717) is 6.61 Å². The third-order valence-corrected chi connectivity index (χ3v) is 5.73. The minimum absolute atomic E-state index is 0.0928. The lowest BCUT2D eigenvalue weighted by Crippen LogP contribution is -2.66. The Morgan fingerprint density at radius 3 is 2.85 bits per heavy atom. The van der Waals surface area contributed by atoms with E-state index in [4.69, 9.17) is 9.47 Å². The molecule has 4 rings (SSSR count). The van der Waals surface area contributed by atoms with Crippen molar-refractivity contribution in [1.82, 2.24) is 14.9 Å². The number of rotatable bonds is 5. The van der Waals surface area contributed by atoms with E-state index < -0.39 is 0 Å². The van der Waals surface area contributed by atoms with Crippen molar-refractivity contribution in [2.75, 3.05) is 63.3 Å². The van der Waals surface area contributed by atoms with E-state index >= 15 is 0 Å². The molecule has 3 saturated heterocycles. The van der Waals surface area contributed by atoms with Gasteiger partial charge < -0.3 is 24.2 Å². The van der Waals surface area contributed by atoms with Crippen LogP contribution >= 0.6 is 0 Å². The molecule has 0 radical (unpaired) electrons. The van der Waals surface area contributed by atoms with Crippen molar-refractivity contribution in [2.45, 2.75) is 37.4 Å². The second-order valence-electron chi connectivity index (χ2n) is 8.03. The highest BCUT2D eigenvalue weighted by molar-refractivity contribution is 5.77. The number of anilines is 2. The Hall–Kier alpha value is -1.93. The van der Waals surface area contributed by atoms with Crippen LogP contribution in [0.15, 0.2) is 12.4 Å². The molecule has 1 aromatic heterocycles. The number of carbonyl (C=O) groups excluding carboxylic acids is 1. The molecule has 1 spiro atoms. The Balaban J connectivity index is 1.29. The molecule has 8 heteroatoms. The number of likely N-dealkylation sites (tertiary alicyclic amines) is 1. The molecule has 27 heavy (non-hydrogen) atoms. The highest BCUT2D eigenvalue weighted by Crippen LogP contribution is 2.37. The van der Waals surface area contributed by atoms with Gasteiger partial charge in [0.2, 0.25) is 5.91 Å². The average Bonchev–Trinajstić information content (AvgIpc) is 3.19. The van der Waals surface area contributed by atoms with Gasteiger partial charge >= 0.3 is 0 Å². The number of amides is 1. The Labute approximate surface area is 160 Å². The molecular weight excluding hydrogens is 346 g/mol. The number of hydrogen-bond acceptors (Lipinski definition) is 7. The quantitative estimate of drug-likeness (QED) is 0.758. The van der Waals surface area contributed by atoms with Crippen LogP contribution in [0.2, 0.25) is 0 Å². The van der Waals surface area contributed by atoms with E-state index in [-0.39, 0.29) is 24.2 Å². The second-order valence-corrected chi connectivity index (χ2v) is 8.03. The van der Waals surface area contributed by atoms with Gasteiger partial charge in [-0.3, -0.25) is 4.79 Å². The molecule has 3 aliphatic heterocycles. The molecule has 148 valence electrons. The normalized spacial score (nSPS) is 24.1. The SMILES string of the molecule is CN(C)c1cc(N2CC3(CC(OCC(=O)N4CCCC4)CCO3)C2)ncn1. The summed E-state index contributed by atoms with van der Waals surface area (Å²) in [6.07, 6.45) is 5.61. The molecule has 1 atom stereocenters. The topological polar surface area (TPSA) is 71.0 Å². The van der Waals surface area contributed by atoms with Gasteiger partial charge in [-0.2, -0.15) is 0 Å². The Morgan fingerprint density at radius 1 is 1.33 bits per heavy atom. The van der Waals surface area contributed by atoms with Gasteiger partial charge in [0.15, 0.2) is 0 Å². The van der Waals surface area contributed by atoms with E-state index in [9.17, 15) is 4.79 Å². The van der Waals surface area contributed by atoms with Crippen LogP contribution in [0.4, 0.5) is 11.6 Å². The van der Waals surface area contributed by atoms with Gasteiger partial charge in [0.25, 0.3) is 0 Å². The van der Waals surface area contributed by atoms with Crippen molar-refractivity contribution in [3.63, 3.8) is 0 Å². The zero-order chi connectivity index (χ0) is 18.9. The van der Waals surface area contributed by atoms with E-state index in [1.807, 2.05) is 30.0 Å². The second kappa shape index (κ2) is 7.59. The molecule has 0 N–H and O–H groups in total. The Kier molecular flexibility index (Phi) is 5.19. The summed E-state index contributed by atoms with van der Waals surface area (Å²) in [6.45, 7) is 4.24. The minimum atomic E-state index is -0.178. The molecule has 0 saturated carbocycles. The largest absolute Gasteiger partial charge is 0.371 e. The first-order valence-corrected chi connectivity index (χ1v) is 9.82. The minimum Gasteiger partial charge on any atom is -0.371 e. The predicted octanol–water partition coefficient (Wildman–Crippen LogP) is 0.919. The van der Waals surface area contributed by atoms with Crippen LogP contribution in [0.25, 0.3) is 0 Å². The van der Waals surface area contributed by atoms with Crippen LogP contribution in [0.5, 0.6) is 0 Å². The highest BCUT2D eigenvalue weighted by Gasteiger charge is 2.48. The van der Waals surface area contributed by atoms with Crippen LogP contribution in [0, 0.1) is 0 Å². The third-order valence-electron chi connectivity index (χ3n) is 5.73. The first-order valence-electron chi connectivity index (χ1n) is 9.82. The van der Waals surface area contributed by atoms with Crippen LogP contribution in [0.3, 0.4) is 0 Å². The van der Waals surface area contributed by atoms with Gasteiger partial charge in [-0.25, -0.2) is 9.97 Å². The zero-order valence-corrected chi connectivity index (χ0v) is 16.3. The summed E-state index contributed by atoms with van der Waals surface area (Å²) in [6, 6.07) is 2.00. The number of hydrogen-bond donors (Lipinski definition) is 0. The average molecular weight is 375 g/mol. The highest BCUT2D eigenvalue weighted by atomic mass is 16.5. The van der Waals surface area contributed by atoms with E-state index in [0.717, 1.165) is 63.5 Å². The molecule has 1 unspecified atom stereocenters. The number of nitrogens with zero attached hydrogens (tertiary/aromatic N) is 5. The Morgan fingerprint density at radius 2 is 2.11 bits per heavy atom.